The number of nitrogens with two attached hydrogens (primary N) is 1. The van der Waals surface area contributed by atoms with Crippen LogP contribution in [0.4, 0.5) is 24.8 Å². The molecule has 0 aliphatic rings. The summed E-state index contributed by atoms with van der Waals surface area (Å²) in [5.41, 5.74) is 7.32. The minimum Gasteiger partial charge on any atom is -0.398 e. The number of benzene rings is 2. The summed E-state index contributed by atoms with van der Waals surface area (Å²) >= 11 is 6.40. The first kappa shape index (κ1) is 21.1. The molecule has 0 saturated heterocycles. The van der Waals surface area contributed by atoms with Crippen LogP contribution in [0.3, 0.4) is 0 Å². The van der Waals surface area contributed by atoms with Crippen LogP contribution < -0.4 is 16.6 Å². The number of alkyl halides is 3. The van der Waals surface area contributed by atoms with Crippen molar-refractivity contribution >= 4 is 45.5 Å². The van der Waals surface area contributed by atoms with Gasteiger partial charge in [0.25, 0.3) is 5.56 Å². The number of nitrogens with one attached hydrogen (secondary N) is 1. The van der Waals surface area contributed by atoms with Gasteiger partial charge >= 0.3 is 6.18 Å². The molecule has 11 heteroatoms. The predicted molar refractivity (Wildman–Crippen MR) is 117 cm³/mol. The number of fused-ring (bicyclic) bond motifs is 1. The maximum Gasteiger partial charge on any atom is 0.427 e. The van der Waals surface area contributed by atoms with Gasteiger partial charge in [-0.25, -0.2) is 9.97 Å². The molecule has 0 atom stereocenters. The molecule has 0 fully saturated rings. The van der Waals surface area contributed by atoms with E-state index in [1.54, 1.807) is 31.3 Å². The number of anilines is 2. The number of nitrogens with zero attached hydrogens (tertiary/aromatic N) is 3. The molecule has 2 heterocycles. The third-order valence-electron chi connectivity index (χ3n) is 4.62. The second-order valence-corrected chi connectivity index (χ2v) is 8.15. The fraction of sp³-hybridized carbons (Fsp3) is 0.150. The molecule has 4 rings (SSSR count). The molecule has 2 aromatic heterocycles. The van der Waals surface area contributed by atoms with E-state index in [-0.39, 0.29) is 33.7 Å². The van der Waals surface area contributed by atoms with E-state index in [0.29, 0.717) is 27.8 Å². The van der Waals surface area contributed by atoms with Crippen molar-refractivity contribution < 1.29 is 13.2 Å². The lowest BCUT2D eigenvalue weighted by Gasteiger charge is -2.14. The molecule has 2 aromatic carbocycles. The molecule has 0 spiro atoms. The Hall–Kier alpha value is -3.11. The largest absolute Gasteiger partial charge is 0.427 e. The van der Waals surface area contributed by atoms with Crippen LogP contribution in [0.25, 0.3) is 21.5 Å². The summed E-state index contributed by atoms with van der Waals surface area (Å²) in [4.78, 5) is 20.6. The van der Waals surface area contributed by atoms with Crippen molar-refractivity contribution in [1.29, 1.82) is 0 Å². The first-order valence-corrected chi connectivity index (χ1v) is 10.2. The van der Waals surface area contributed by atoms with Gasteiger partial charge in [-0.3, -0.25) is 9.36 Å². The van der Waals surface area contributed by atoms with Crippen LogP contribution in [0.5, 0.6) is 0 Å². The van der Waals surface area contributed by atoms with E-state index in [4.69, 9.17) is 17.3 Å². The molecule has 0 aliphatic carbocycles. The number of hydrogen-bond donors (Lipinski definition) is 2. The van der Waals surface area contributed by atoms with Crippen molar-refractivity contribution in [3.8, 4) is 10.6 Å². The van der Waals surface area contributed by atoms with Gasteiger partial charge in [0, 0.05) is 23.3 Å². The lowest BCUT2D eigenvalue weighted by atomic mass is 10.1. The highest BCUT2D eigenvalue weighted by molar-refractivity contribution is 7.15. The predicted octanol–water partition coefficient (Wildman–Crippen LogP) is 4.86. The molecule has 0 amide bonds. The lowest BCUT2D eigenvalue weighted by molar-refractivity contribution is -0.134. The Kier molecular flexibility index (Phi) is 5.36. The number of aromatic nitrogens is 3. The van der Waals surface area contributed by atoms with E-state index in [1.165, 1.54) is 16.7 Å². The molecule has 31 heavy (non-hydrogen) atoms. The Bertz CT molecular complexity index is 1330. The Balaban J connectivity index is 1.83. The van der Waals surface area contributed by atoms with Crippen molar-refractivity contribution in [1.82, 2.24) is 14.5 Å². The Morgan fingerprint density at radius 3 is 2.55 bits per heavy atom. The van der Waals surface area contributed by atoms with Crippen LogP contribution in [-0.4, -0.2) is 21.6 Å². The van der Waals surface area contributed by atoms with Crippen LogP contribution in [0, 0.1) is 0 Å². The van der Waals surface area contributed by atoms with E-state index >= 15 is 0 Å². The lowest BCUT2D eigenvalue weighted by Crippen LogP contribution is -2.25. The van der Waals surface area contributed by atoms with E-state index < -0.39 is 11.1 Å². The summed E-state index contributed by atoms with van der Waals surface area (Å²) < 4.78 is 40.3. The summed E-state index contributed by atoms with van der Waals surface area (Å²) in [7, 11) is 1.63. The van der Waals surface area contributed by atoms with Crippen molar-refractivity contribution in [3.05, 3.63) is 68.4 Å². The fourth-order valence-corrected chi connectivity index (χ4v) is 4.06. The molecular weight excluding hydrogens is 451 g/mol. The van der Waals surface area contributed by atoms with Gasteiger partial charge in [-0.2, -0.15) is 13.2 Å². The Morgan fingerprint density at radius 1 is 1.23 bits per heavy atom. The first-order chi connectivity index (χ1) is 14.7. The molecule has 4 aromatic rings. The summed E-state index contributed by atoms with van der Waals surface area (Å²) in [5.74, 6) is 0.304. The highest BCUT2D eigenvalue weighted by Gasteiger charge is 2.33. The van der Waals surface area contributed by atoms with E-state index in [1.807, 2.05) is 0 Å². The smallest absolute Gasteiger partial charge is 0.398 e. The average Bonchev–Trinajstić information content (AvgIpc) is 3.22. The van der Waals surface area contributed by atoms with Gasteiger partial charge < -0.3 is 11.1 Å². The number of nitrogen functional groups attached to an aromatic ring is 1. The summed E-state index contributed by atoms with van der Waals surface area (Å²) in [6, 6.07) is 9.96. The highest BCUT2D eigenvalue weighted by atomic mass is 35.5. The van der Waals surface area contributed by atoms with Gasteiger partial charge in [-0.15, -0.1) is 11.3 Å². The fourth-order valence-electron chi connectivity index (χ4n) is 3.11. The minimum absolute atomic E-state index is 0.102. The van der Waals surface area contributed by atoms with E-state index in [9.17, 15) is 18.0 Å². The number of halogens is 4. The summed E-state index contributed by atoms with van der Waals surface area (Å²) in [6.07, 6.45) is -3.73. The SMILES string of the molecule is CNc1nc2cc(-c3ncc(C(F)(F)F)s3)c(N)cc2c(=O)n1Cc1ccc(Cl)cc1. The van der Waals surface area contributed by atoms with Crippen LogP contribution in [0.15, 0.2) is 47.4 Å². The zero-order valence-electron chi connectivity index (χ0n) is 16.0. The van der Waals surface area contributed by atoms with Gasteiger partial charge in [-0.05, 0) is 29.8 Å². The molecule has 6 nitrogen and oxygen atoms in total. The molecule has 160 valence electrons. The van der Waals surface area contributed by atoms with E-state index in [0.717, 1.165) is 11.8 Å². The third-order valence-corrected chi connectivity index (χ3v) is 5.95. The second-order valence-electron chi connectivity index (χ2n) is 6.69. The van der Waals surface area contributed by atoms with Gasteiger partial charge in [0.2, 0.25) is 5.95 Å². The standard InChI is InChI=1S/C20H15ClF3N5OS/c1-26-19-28-15-7-12(17-27-8-16(31-17)20(22,23)24)14(25)6-13(15)18(30)29(19)9-10-2-4-11(21)5-3-10/h2-8H,9,25H2,1H3,(H,26,28). The van der Waals surface area contributed by atoms with Crippen molar-refractivity contribution in [3.63, 3.8) is 0 Å². The monoisotopic (exact) mass is 465 g/mol. The van der Waals surface area contributed by atoms with Crippen LogP contribution in [-0.2, 0) is 12.7 Å². The number of rotatable bonds is 4. The van der Waals surface area contributed by atoms with E-state index in [2.05, 4.69) is 15.3 Å². The number of thiazole rings is 1. The minimum atomic E-state index is -4.49. The van der Waals surface area contributed by atoms with Gasteiger partial charge in [0.05, 0.1) is 23.6 Å². The van der Waals surface area contributed by atoms with Crippen molar-refractivity contribution in [2.75, 3.05) is 18.1 Å². The highest BCUT2D eigenvalue weighted by Crippen LogP contribution is 2.39. The van der Waals surface area contributed by atoms with Gasteiger partial charge in [-0.1, -0.05) is 23.7 Å². The molecule has 0 aliphatic heterocycles. The zero-order valence-corrected chi connectivity index (χ0v) is 17.6. The molecule has 0 unspecified atom stereocenters. The van der Waals surface area contributed by atoms with Crippen molar-refractivity contribution in [2.24, 2.45) is 0 Å². The quantitative estimate of drug-likeness (QED) is 0.420. The van der Waals surface area contributed by atoms with Crippen LogP contribution >= 0.6 is 22.9 Å². The van der Waals surface area contributed by atoms with Crippen molar-refractivity contribution in [2.45, 2.75) is 12.7 Å². The molecule has 0 bridgehead atoms. The Labute approximate surface area is 183 Å². The Morgan fingerprint density at radius 2 is 1.94 bits per heavy atom. The first-order valence-electron chi connectivity index (χ1n) is 8.97. The molecule has 0 radical (unpaired) electrons. The van der Waals surface area contributed by atoms with Crippen LogP contribution in [0.2, 0.25) is 5.02 Å². The van der Waals surface area contributed by atoms with Crippen LogP contribution in [0.1, 0.15) is 10.4 Å². The molecular formula is C20H15ClF3N5OS. The molecule has 0 saturated carbocycles. The molecule has 3 N–H and O–H groups in total. The van der Waals surface area contributed by atoms with Gasteiger partial charge in [0.1, 0.15) is 9.88 Å². The topological polar surface area (TPSA) is 85.8 Å². The average molecular weight is 466 g/mol. The maximum absolute atomic E-state index is 13.2. The second kappa shape index (κ2) is 7.86. The normalized spacial score (nSPS) is 11.8. The number of hydrogen-bond acceptors (Lipinski definition) is 6. The summed E-state index contributed by atoms with van der Waals surface area (Å²) in [5, 5.41) is 3.83. The summed E-state index contributed by atoms with van der Waals surface area (Å²) in [6.45, 7) is 0.248. The van der Waals surface area contributed by atoms with Gasteiger partial charge in [0.15, 0.2) is 0 Å². The maximum atomic E-state index is 13.2. The zero-order chi connectivity index (χ0) is 22.3. The third kappa shape index (κ3) is 4.08.